The maximum Gasteiger partial charge on any atom is 0.0933 e. The van der Waals surface area contributed by atoms with E-state index in [1.54, 1.807) is 0 Å². The SMILES string of the molecule is c1ccc(CONC2CC2)cc1. The fraction of sp³-hybridized carbons (Fsp3) is 0.400. The van der Waals surface area contributed by atoms with Crippen molar-refractivity contribution in [1.29, 1.82) is 0 Å². The lowest BCUT2D eigenvalue weighted by atomic mass is 10.2. The Morgan fingerprint density at radius 3 is 2.67 bits per heavy atom. The quantitative estimate of drug-likeness (QED) is 0.684. The molecule has 1 aliphatic carbocycles. The van der Waals surface area contributed by atoms with Gasteiger partial charge in [0.25, 0.3) is 0 Å². The molecular weight excluding hydrogens is 150 g/mol. The molecule has 0 bridgehead atoms. The first-order chi connectivity index (χ1) is 5.95. The van der Waals surface area contributed by atoms with Crippen LogP contribution in [-0.2, 0) is 11.4 Å². The third-order valence-corrected chi connectivity index (χ3v) is 1.91. The summed E-state index contributed by atoms with van der Waals surface area (Å²) in [6.45, 7) is 0.664. The predicted molar refractivity (Wildman–Crippen MR) is 47.4 cm³/mol. The molecule has 1 fully saturated rings. The Morgan fingerprint density at radius 1 is 1.25 bits per heavy atom. The minimum absolute atomic E-state index is 0.619. The van der Waals surface area contributed by atoms with Crippen molar-refractivity contribution in [3.63, 3.8) is 0 Å². The molecule has 0 amide bonds. The van der Waals surface area contributed by atoms with Crippen LogP contribution in [0.1, 0.15) is 18.4 Å². The molecule has 1 saturated carbocycles. The molecular formula is C10H13NO. The van der Waals surface area contributed by atoms with Gasteiger partial charge in [0.2, 0.25) is 0 Å². The van der Waals surface area contributed by atoms with Gasteiger partial charge in [-0.05, 0) is 18.4 Å². The number of nitrogens with one attached hydrogen (secondary N) is 1. The standard InChI is InChI=1S/C10H13NO/c1-2-4-9(5-3-1)8-12-11-10-6-7-10/h1-5,10-11H,6-8H2. The Balaban J connectivity index is 1.72. The molecule has 0 aromatic heterocycles. The summed E-state index contributed by atoms with van der Waals surface area (Å²) in [6, 6.07) is 10.8. The number of hydrogen-bond acceptors (Lipinski definition) is 2. The minimum Gasteiger partial charge on any atom is -0.297 e. The molecule has 64 valence electrons. The van der Waals surface area contributed by atoms with Crippen LogP contribution < -0.4 is 5.48 Å². The molecule has 12 heavy (non-hydrogen) atoms. The maximum absolute atomic E-state index is 5.29. The van der Waals surface area contributed by atoms with Crippen molar-refractivity contribution in [3.8, 4) is 0 Å². The highest BCUT2D eigenvalue weighted by Gasteiger charge is 2.20. The van der Waals surface area contributed by atoms with Crippen molar-refractivity contribution >= 4 is 0 Å². The summed E-state index contributed by atoms with van der Waals surface area (Å²) in [5.74, 6) is 0. The van der Waals surface area contributed by atoms with E-state index in [-0.39, 0.29) is 0 Å². The van der Waals surface area contributed by atoms with Crippen LogP contribution in [0.2, 0.25) is 0 Å². The zero-order valence-corrected chi connectivity index (χ0v) is 6.99. The van der Waals surface area contributed by atoms with Crippen molar-refractivity contribution in [2.24, 2.45) is 0 Å². The highest BCUT2D eigenvalue weighted by molar-refractivity contribution is 5.13. The van der Waals surface area contributed by atoms with Crippen molar-refractivity contribution in [3.05, 3.63) is 35.9 Å². The fourth-order valence-electron chi connectivity index (χ4n) is 1.02. The number of rotatable bonds is 4. The van der Waals surface area contributed by atoms with Gasteiger partial charge in [0.15, 0.2) is 0 Å². The summed E-state index contributed by atoms with van der Waals surface area (Å²) in [7, 11) is 0. The van der Waals surface area contributed by atoms with Gasteiger partial charge in [-0.25, -0.2) is 0 Å². The van der Waals surface area contributed by atoms with E-state index in [1.165, 1.54) is 18.4 Å². The van der Waals surface area contributed by atoms with Crippen LogP contribution in [0.5, 0.6) is 0 Å². The molecule has 0 heterocycles. The van der Waals surface area contributed by atoms with E-state index in [0.29, 0.717) is 12.6 Å². The predicted octanol–water partition coefficient (Wildman–Crippen LogP) is 1.87. The van der Waals surface area contributed by atoms with Gasteiger partial charge in [-0.3, -0.25) is 4.84 Å². The first-order valence-electron chi connectivity index (χ1n) is 4.36. The molecule has 0 aliphatic heterocycles. The number of benzene rings is 1. The average molecular weight is 163 g/mol. The molecule has 1 aliphatic rings. The van der Waals surface area contributed by atoms with Crippen molar-refractivity contribution in [2.75, 3.05) is 0 Å². The largest absolute Gasteiger partial charge is 0.297 e. The van der Waals surface area contributed by atoms with E-state index in [2.05, 4.69) is 17.6 Å². The highest BCUT2D eigenvalue weighted by atomic mass is 16.6. The van der Waals surface area contributed by atoms with Crippen LogP contribution in [0, 0.1) is 0 Å². The second-order valence-electron chi connectivity index (χ2n) is 3.17. The molecule has 0 radical (unpaired) electrons. The van der Waals surface area contributed by atoms with Gasteiger partial charge in [-0.1, -0.05) is 30.3 Å². The molecule has 0 saturated heterocycles. The van der Waals surface area contributed by atoms with Gasteiger partial charge in [-0.2, -0.15) is 5.48 Å². The van der Waals surface area contributed by atoms with Crippen LogP contribution >= 0.6 is 0 Å². The lowest BCUT2D eigenvalue weighted by Crippen LogP contribution is -2.16. The second-order valence-corrected chi connectivity index (χ2v) is 3.17. The molecule has 2 heteroatoms. The molecule has 0 atom stereocenters. The Morgan fingerprint density at radius 2 is 2.00 bits per heavy atom. The Bertz CT molecular complexity index is 231. The van der Waals surface area contributed by atoms with Gasteiger partial charge in [0.1, 0.15) is 0 Å². The number of hydroxylamine groups is 1. The summed E-state index contributed by atoms with van der Waals surface area (Å²) < 4.78 is 0. The smallest absolute Gasteiger partial charge is 0.0933 e. The van der Waals surface area contributed by atoms with Crippen LogP contribution in [0.3, 0.4) is 0 Å². The summed E-state index contributed by atoms with van der Waals surface area (Å²) >= 11 is 0. The van der Waals surface area contributed by atoms with Crippen LogP contribution in [0.4, 0.5) is 0 Å². The summed E-state index contributed by atoms with van der Waals surface area (Å²) in [4.78, 5) is 5.29. The van der Waals surface area contributed by atoms with E-state index in [1.807, 2.05) is 18.2 Å². The molecule has 1 N–H and O–H groups in total. The Kier molecular flexibility index (Phi) is 2.39. The Hall–Kier alpha value is -0.860. The van der Waals surface area contributed by atoms with E-state index in [9.17, 15) is 0 Å². The minimum atomic E-state index is 0.619. The lowest BCUT2D eigenvalue weighted by Gasteiger charge is -2.03. The zero-order valence-electron chi connectivity index (χ0n) is 6.99. The summed E-state index contributed by atoms with van der Waals surface area (Å²) in [5, 5.41) is 0. The lowest BCUT2D eigenvalue weighted by molar-refractivity contribution is 0.0233. The molecule has 1 aromatic rings. The molecule has 2 nitrogen and oxygen atoms in total. The van der Waals surface area contributed by atoms with Crippen LogP contribution in [-0.4, -0.2) is 6.04 Å². The van der Waals surface area contributed by atoms with E-state index >= 15 is 0 Å². The van der Waals surface area contributed by atoms with Gasteiger partial charge in [0.05, 0.1) is 6.61 Å². The normalized spacial score (nSPS) is 16.3. The van der Waals surface area contributed by atoms with Gasteiger partial charge >= 0.3 is 0 Å². The van der Waals surface area contributed by atoms with E-state index < -0.39 is 0 Å². The first kappa shape index (κ1) is 7.77. The molecule has 0 spiro atoms. The van der Waals surface area contributed by atoms with E-state index in [0.717, 1.165) is 0 Å². The van der Waals surface area contributed by atoms with Crippen LogP contribution in [0.15, 0.2) is 30.3 Å². The van der Waals surface area contributed by atoms with Crippen molar-refractivity contribution in [2.45, 2.75) is 25.5 Å². The fourth-order valence-corrected chi connectivity index (χ4v) is 1.02. The third kappa shape index (κ3) is 2.32. The Labute approximate surface area is 72.5 Å². The van der Waals surface area contributed by atoms with Gasteiger partial charge < -0.3 is 0 Å². The van der Waals surface area contributed by atoms with Crippen LogP contribution in [0.25, 0.3) is 0 Å². The zero-order chi connectivity index (χ0) is 8.23. The first-order valence-corrected chi connectivity index (χ1v) is 4.36. The average Bonchev–Trinajstić information content (AvgIpc) is 2.90. The topological polar surface area (TPSA) is 21.3 Å². The van der Waals surface area contributed by atoms with Crippen molar-refractivity contribution in [1.82, 2.24) is 5.48 Å². The van der Waals surface area contributed by atoms with E-state index in [4.69, 9.17) is 4.84 Å². The maximum atomic E-state index is 5.29. The third-order valence-electron chi connectivity index (χ3n) is 1.91. The summed E-state index contributed by atoms with van der Waals surface area (Å²) in [5.41, 5.74) is 4.22. The highest BCUT2D eigenvalue weighted by Crippen LogP contribution is 2.18. The van der Waals surface area contributed by atoms with Gasteiger partial charge in [0, 0.05) is 6.04 Å². The molecule has 2 rings (SSSR count). The van der Waals surface area contributed by atoms with Crippen molar-refractivity contribution < 1.29 is 4.84 Å². The monoisotopic (exact) mass is 163 g/mol. The summed E-state index contributed by atoms with van der Waals surface area (Å²) in [6.07, 6.45) is 2.52. The van der Waals surface area contributed by atoms with Gasteiger partial charge in [-0.15, -0.1) is 0 Å². The second kappa shape index (κ2) is 3.70. The molecule has 0 unspecified atom stereocenters. The molecule has 1 aromatic carbocycles. The number of hydrogen-bond donors (Lipinski definition) is 1.